The van der Waals surface area contributed by atoms with Crippen molar-refractivity contribution in [2.45, 2.75) is 38.8 Å². The molecule has 5 nitrogen and oxygen atoms in total. The Morgan fingerprint density at radius 1 is 1.58 bits per heavy atom. The summed E-state index contributed by atoms with van der Waals surface area (Å²) in [5.74, 6) is -0.137. The monoisotopic (exact) mass is 263 g/mol. The maximum absolute atomic E-state index is 12.1. The molecule has 0 aromatic carbocycles. The lowest BCUT2D eigenvalue weighted by Gasteiger charge is -2.15. The van der Waals surface area contributed by atoms with Crippen molar-refractivity contribution in [3.8, 4) is 0 Å². The second kappa shape index (κ2) is 6.52. The maximum atomic E-state index is 12.1. The molecule has 1 aromatic heterocycles. The van der Waals surface area contributed by atoms with Crippen LogP contribution in [0.5, 0.6) is 0 Å². The van der Waals surface area contributed by atoms with Crippen molar-refractivity contribution in [1.82, 2.24) is 10.3 Å². The highest BCUT2D eigenvalue weighted by Crippen LogP contribution is 2.14. The van der Waals surface area contributed by atoms with Gasteiger partial charge in [-0.2, -0.15) is 0 Å². The van der Waals surface area contributed by atoms with Gasteiger partial charge in [-0.15, -0.1) is 0 Å². The van der Waals surface area contributed by atoms with E-state index in [9.17, 15) is 4.79 Å². The van der Waals surface area contributed by atoms with Crippen molar-refractivity contribution < 1.29 is 9.53 Å². The number of aromatic nitrogens is 1. The van der Waals surface area contributed by atoms with Crippen LogP contribution in [-0.2, 0) is 4.74 Å². The first-order valence-corrected chi connectivity index (χ1v) is 6.83. The highest BCUT2D eigenvalue weighted by atomic mass is 16.5. The van der Waals surface area contributed by atoms with Gasteiger partial charge < -0.3 is 15.4 Å². The smallest absolute Gasteiger partial charge is 0.270 e. The van der Waals surface area contributed by atoms with Crippen LogP contribution in [-0.4, -0.2) is 36.2 Å². The molecular weight excluding hydrogens is 242 g/mol. The number of nitrogens with zero attached hydrogens (tertiary/aromatic N) is 1. The number of pyridine rings is 1. The van der Waals surface area contributed by atoms with Crippen LogP contribution < -0.4 is 10.6 Å². The third-order valence-corrected chi connectivity index (χ3v) is 3.26. The fourth-order valence-corrected chi connectivity index (χ4v) is 2.10. The lowest BCUT2D eigenvalue weighted by atomic mass is 10.1. The van der Waals surface area contributed by atoms with E-state index in [4.69, 9.17) is 4.74 Å². The summed E-state index contributed by atoms with van der Waals surface area (Å²) in [4.78, 5) is 16.2. The van der Waals surface area contributed by atoms with E-state index < -0.39 is 0 Å². The zero-order chi connectivity index (χ0) is 13.7. The molecule has 104 valence electrons. The highest BCUT2D eigenvalue weighted by Gasteiger charge is 2.26. The van der Waals surface area contributed by atoms with Crippen molar-refractivity contribution in [3.05, 3.63) is 24.0 Å². The van der Waals surface area contributed by atoms with Crippen LogP contribution in [0.1, 0.15) is 37.2 Å². The number of hydrogen-bond donors (Lipinski definition) is 2. The molecule has 5 heteroatoms. The van der Waals surface area contributed by atoms with E-state index in [0.717, 1.165) is 25.1 Å². The molecule has 2 heterocycles. The Labute approximate surface area is 113 Å². The zero-order valence-corrected chi connectivity index (χ0v) is 11.5. The van der Waals surface area contributed by atoms with Crippen LogP contribution >= 0.6 is 0 Å². The molecule has 0 spiro atoms. The molecule has 1 fully saturated rings. The van der Waals surface area contributed by atoms with Crippen molar-refractivity contribution in [2.24, 2.45) is 0 Å². The van der Waals surface area contributed by atoms with E-state index in [-0.39, 0.29) is 18.1 Å². The van der Waals surface area contributed by atoms with Gasteiger partial charge in [0.25, 0.3) is 5.91 Å². The van der Waals surface area contributed by atoms with Crippen molar-refractivity contribution in [1.29, 1.82) is 0 Å². The summed E-state index contributed by atoms with van der Waals surface area (Å²) in [6.45, 7) is 5.67. The van der Waals surface area contributed by atoms with Gasteiger partial charge in [0, 0.05) is 25.0 Å². The van der Waals surface area contributed by atoms with Gasteiger partial charge >= 0.3 is 0 Å². The topological polar surface area (TPSA) is 63.2 Å². The molecule has 2 atom stereocenters. The van der Waals surface area contributed by atoms with Crippen molar-refractivity contribution in [2.75, 3.05) is 18.5 Å². The Bertz CT molecular complexity index is 436. The third-order valence-electron chi connectivity index (χ3n) is 3.26. The summed E-state index contributed by atoms with van der Waals surface area (Å²) in [5, 5.41) is 6.22. The molecule has 1 amide bonds. The highest BCUT2D eigenvalue weighted by molar-refractivity contribution is 5.93. The van der Waals surface area contributed by atoms with Crippen molar-refractivity contribution in [3.63, 3.8) is 0 Å². The fourth-order valence-electron chi connectivity index (χ4n) is 2.10. The quantitative estimate of drug-likeness (QED) is 0.850. The molecule has 0 saturated carbocycles. The van der Waals surface area contributed by atoms with Gasteiger partial charge in [0.05, 0.1) is 12.1 Å². The van der Waals surface area contributed by atoms with E-state index >= 15 is 0 Å². The molecule has 1 saturated heterocycles. The fraction of sp³-hybridized carbons (Fsp3) is 0.571. The number of carbonyl (C=O) groups excluding carboxylic acids is 1. The molecule has 0 radical (unpaired) electrons. The Kier molecular flexibility index (Phi) is 4.74. The first-order chi connectivity index (χ1) is 9.20. The number of hydrogen-bond acceptors (Lipinski definition) is 4. The summed E-state index contributed by atoms with van der Waals surface area (Å²) in [6.07, 6.45) is 3.63. The van der Waals surface area contributed by atoms with Crippen molar-refractivity contribution >= 4 is 11.6 Å². The minimum atomic E-state index is -0.137. The Morgan fingerprint density at radius 2 is 2.42 bits per heavy atom. The average Bonchev–Trinajstić information content (AvgIpc) is 2.82. The Hall–Kier alpha value is -1.62. The largest absolute Gasteiger partial charge is 0.385 e. The van der Waals surface area contributed by atoms with E-state index in [1.165, 1.54) is 0 Å². The van der Waals surface area contributed by atoms with E-state index in [0.29, 0.717) is 12.3 Å². The Morgan fingerprint density at radius 3 is 3.11 bits per heavy atom. The van der Waals surface area contributed by atoms with Crippen LogP contribution in [0, 0.1) is 0 Å². The normalized spacial score (nSPS) is 22.2. The van der Waals surface area contributed by atoms with Crippen LogP contribution in [0.25, 0.3) is 0 Å². The number of rotatable bonds is 5. The predicted molar refractivity (Wildman–Crippen MR) is 74.3 cm³/mol. The number of amides is 1. The molecular formula is C14H21N3O2. The molecule has 0 bridgehead atoms. The van der Waals surface area contributed by atoms with Gasteiger partial charge in [0.15, 0.2) is 0 Å². The van der Waals surface area contributed by atoms with E-state index in [1.807, 2.05) is 13.0 Å². The third kappa shape index (κ3) is 3.67. The van der Waals surface area contributed by atoms with Gasteiger partial charge in [-0.25, -0.2) is 0 Å². The SMILES string of the molecule is CCCNc1ccnc(C(=O)NC2CCOC2C)c1. The lowest BCUT2D eigenvalue weighted by Crippen LogP contribution is -2.39. The van der Waals surface area contributed by atoms with Crippen LogP contribution in [0.3, 0.4) is 0 Å². The van der Waals surface area contributed by atoms with E-state index in [1.54, 1.807) is 12.3 Å². The molecule has 2 unspecified atom stereocenters. The number of ether oxygens (including phenoxy) is 1. The maximum Gasteiger partial charge on any atom is 0.270 e. The summed E-state index contributed by atoms with van der Waals surface area (Å²) in [7, 11) is 0. The van der Waals surface area contributed by atoms with Crippen LogP contribution in [0.2, 0.25) is 0 Å². The second-order valence-corrected chi connectivity index (χ2v) is 4.80. The van der Waals surface area contributed by atoms with Gasteiger partial charge in [-0.3, -0.25) is 9.78 Å². The number of carbonyl (C=O) groups is 1. The predicted octanol–water partition coefficient (Wildman–Crippen LogP) is 1.81. The zero-order valence-electron chi connectivity index (χ0n) is 11.5. The molecule has 19 heavy (non-hydrogen) atoms. The molecule has 2 N–H and O–H groups in total. The van der Waals surface area contributed by atoms with Gasteiger partial charge in [0.1, 0.15) is 5.69 Å². The first-order valence-electron chi connectivity index (χ1n) is 6.83. The molecule has 1 aliphatic heterocycles. The number of nitrogens with one attached hydrogen (secondary N) is 2. The standard InChI is InChI=1S/C14H21N3O2/c1-3-6-15-11-4-7-16-13(9-11)14(18)17-12-5-8-19-10(12)2/h4,7,9-10,12H,3,5-6,8H2,1-2H3,(H,15,16)(H,17,18). The summed E-state index contributed by atoms with van der Waals surface area (Å²) in [5.41, 5.74) is 1.37. The molecule has 1 aliphatic rings. The first kappa shape index (κ1) is 13.8. The van der Waals surface area contributed by atoms with E-state index in [2.05, 4.69) is 22.5 Å². The van der Waals surface area contributed by atoms with Gasteiger partial charge in [-0.1, -0.05) is 6.92 Å². The summed E-state index contributed by atoms with van der Waals surface area (Å²) >= 11 is 0. The van der Waals surface area contributed by atoms with Crippen LogP contribution in [0.4, 0.5) is 5.69 Å². The molecule has 2 rings (SSSR count). The minimum absolute atomic E-state index is 0.0744. The lowest BCUT2D eigenvalue weighted by molar-refractivity contribution is 0.0862. The minimum Gasteiger partial charge on any atom is -0.385 e. The van der Waals surface area contributed by atoms with Crippen LogP contribution in [0.15, 0.2) is 18.3 Å². The molecule has 0 aliphatic carbocycles. The molecule has 1 aromatic rings. The Balaban J connectivity index is 1.98. The summed E-state index contributed by atoms with van der Waals surface area (Å²) < 4.78 is 5.43. The number of anilines is 1. The van der Waals surface area contributed by atoms with Gasteiger partial charge in [0.2, 0.25) is 0 Å². The second-order valence-electron chi connectivity index (χ2n) is 4.80. The summed E-state index contributed by atoms with van der Waals surface area (Å²) in [6, 6.07) is 3.74. The average molecular weight is 263 g/mol. The van der Waals surface area contributed by atoms with Gasteiger partial charge in [-0.05, 0) is 31.9 Å².